The third-order valence-corrected chi connectivity index (χ3v) is 4.96. The van der Waals surface area contributed by atoms with Gasteiger partial charge < -0.3 is 15.4 Å². The van der Waals surface area contributed by atoms with Crippen molar-refractivity contribution in [1.29, 1.82) is 0 Å². The Morgan fingerprint density at radius 2 is 1.81 bits per heavy atom. The van der Waals surface area contributed by atoms with Crippen LogP contribution in [0.25, 0.3) is 0 Å². The van der Waals surface area contributed by atoms with E-state index < -0.39 is 0 Å². The highest BCUT2D eigenvalue weighted by Gasteiger charge is 2.37. The third-order valence-electron chi connectivity index (χ3n) is 4.96. The van der Waals surface area contributed by atoms with E-state index in [-0.39, 0.29) is 6.10 Å². The average Bonchev–Trinajstić information content (AvgIpc) is 2.90. The first-order valence-corrected chi connectivity index (χ1v) is 8.12. The number of hydrogen-bond donors (Lipinski definition) is 1. The lowest BCUT2D eigenvalue weighted by Crippen LogP contribution is -2.39. The number of nitrogen functional groups attached to an aromatic ring is 1. The van der Waals surface area contributed by atoms with Gasteiger partial charge in [0.25, 0.3) is 0 Å². The van der Waals surface area contributed by atoms with Gasteiger partial charge in [-0.3, -0.25) is 0 Å². The fourth-order valence-electron chi connectivity index (χ4n) is 3.76. The van der Waals surface area contributed by atoms with Crippen LogP contribution in [0.15, 0.2) is 6.33 Å². The molecule has 0 atom stereocenters. The molecule has 2 aliphatic rings. The maximum Gasteiger partial charge on any atom is 0.242 e. The monoisotopic (exact) mass is 290 g/mol. The summed E-state index contributed by atoms with van der Waals surface area (Å²) in [6.45, 7) is 6.04. The van der Waals surface area contributed by atoms with Crippen LogP contribution in [0.2, 0.25) is 0 Å². The fraction of sp³-hybridized carbons (Fsp3) is 0.750. The molecule has 0 unspecified atom stereocenters. The summed E-state index contributed by atoms with van der Waals surface area (Å²) in [4.78, 5) is 10.9. The molecule has 1 aliphatic heterocycles. The SMILES string of the molecule is CC(C)Oc1ncnc(N2CCC3(CCCC3)CC2)c1N. The van der Waals surface area contributed by atoms with Gasteiger partial charge in [0.2, 0.25) is 5.88 Å². The topological polar surface area (TPSA) is 64.3 Å². The first-order valence-electron chi connectivity index (χ1n) is 8.12. The number of anilines is 2. The van der Waals surface area contributed by atoms with Crippen molar-refractivity contribution in [2.24, 2.45) is 5.41 Å². The van der Waals surface area contributed by atoms with Crippen molar-refractivity contribution < 1.29 is 4.74 Å². The van der Waals surface area contributed by atoms with Crippen molar-refractivity contribution in [1.82, 2.24) is 9.97 Å². The maximum absolute atomic E-state index is 6.22. The van der Waals surface area contributed by atoms with E-state index in [1.165, 1.54) is 38.5 Å². The minimum atomic E-state index is 0.0677. The summed E-state index contributed by atoms with van der Waals surface area (Å²) in [7, 11) is 0. The summed E-state index contributed by atoms with van der Waals surface area (Å²) in [5.74, 6) is 1.35. The van der Waals surface area contributed by atoms with E-state index in [1.54, 1.807) is 6.33 Å². The Labute approximate surface area is 126 Å². The summed E-state index contributed by atoms with van der Waals surface area (Å²) in [5.41, 5.74) is 7.40. The number of rotatable bonds is 3. The van der Waals surface area contributed by atoms with Crippen LogP contribution in [0.1, 0.15) is 52.4 Å². The number of ether oxygens (including phenoxy) is 1. The van der Waals surface area contributed by atoms with Crippen LogP contribution < -0.4 is 15.4 Å². The van der Waals surface area contributed by atoms with Gasteiger partial charge in [0.15, 0.2) is 5.82 Å². The van der Waals surface area contributed by atoms with Crippen LogP contribution in [-0.2, 0) is 0 Å². The Morgan fingerprint density at radius 1 is 1.14 bits per heavy atom. The number of aromatic nitrogens is 2. The van der Waals surface area contributed by atoms with E-state index in [1.807, 2.05) is 13.8 Å². The van der Waals surface area contributed by atoms with Gasteiger partial charge in [-0.25, -0.2) is 4.98 Å². The first kappa shape index (κ1) is 14.4. The predicted octanol–water partition coefficient (Wildman–Crippen LogP) is 3.01. The zero-order valence-corrected chi connectivity index (χ0v) is 13.1. The summed E-state index contributed by atoms with van der Waals surface area (Å²) >= 11 is 0. The number of nitrogens with two attached hydrogens (primary N) is 1. The molecule has 2 heterocycles. The van der Waals surface area contributed by atoms with Crippen LogP contribution in [0.4, 0.5) is 11.5 Å². The predicted molar refractivity (Wildman–Crippen MR) is 84.6 cm³/mol. The fourth-order valence-corrected chi connectivity index (χ4v) is 3.76. The van der Waals surface area contributed by atoms with Crippen molar-refractivity contribution in [2.45, 2.75) is 58.5 Å². The summed E-state index contributed by atoms with van der Waals surface area (Å²) in [5, 5.41) is 0. The lowest BCUT2D eigenvalue weighted by molar-refractivity contribution is 0.225. The molecule has 5 heteroatoms. The van der Waals surface area contributed by atoms with Crippen molar-refractivity contribution >= 4 is 11.5 Å². The minimum Gasteiger partial charge on any atom is -0.473 e. The third kappa shape index (κ3) is 2.92. The van der Waals surface area contributed by atoms with Crippen molar-refractivity contribution in [2.75, 3.05) is 23.7 Å². The van der Waals surface area contributed by atoms with Crippen LogP contribution in [0, 0.1) is 5.41 Å². The molecular weight excluding hydrogens is 264 g/mol. The second kappa shape index (κ2) is 5.70. The largest absolute Gasteiger partial charge is 0.473 e. The Kier molecular flexibility index (Phi) is 3.91. The lowest BCUT2D eigenvalue weighted by Gasteiger charge is -2.40. The first-order chi connectivity index (χ1) is 10.1. The molecule has 5 nitrogen and oxygen atoms in total. The van der Waals surface area contributed by atoms with E-state index in [2.05, 4.69) is 14.9 Å². The minimum absolute atomic E-state index is 0.0677. The van der Waals surface area contributed by atoms with Gasteiger partial charge in [0, 0.05) is 13.1 Å². The molecule has 3 rings (SSSR count). The van der Waals surface area contributed by atoms with Crippen LogP contribution in [-0.4, -0.2) is 29.2 Å². The molecule has 0 radical (unpaired) electrons. The quantitative estimate of drug-likeness (QED) is 0.927. The molecule has 1 saturated heterocycles. The highest BCUT2D eigenvalue weighted by atomic mass is 16.5. The molecule has 2 N–H and O–H groups in total. The normalized spacial score (nSPS) is 21.2. The zero-order chi connectivity index (χ0) is 14.9. The summed E-state index contributed by atoms with van der Waals surface area (Å²) in [6, 6.07) is 0. The Hall–Kier alpha value is -1.52. The van der Waals surface area contributed by atoms with Crippen molar-refractivity contribution in [3.63, 3.8) is 0 Å². The van der Waals surface area contributed by atoms with Crippen LogP contribution in [0.3, 0.4) is 0 Å². The van der Waals surface area contributed by atoms with E-state index in [0.717, 1.165) is 18.9 Å². The maximum atomic E-state index is 6.22. The van der Waals surface area contributed by atoms with E-state index >= 15 is 0 Å². The van der Waals surface area contributed by atoms with Gasteiger partial charge in [-0.1, -0.05) is 12.8 Å². The molecule has 1 aromatic heterocycles. The van der Waals surface area contributed by atoms with Gasteiger partial charge in [0.1, 0.15) is 12.0 Å². The second-order valence-corrected chi connectivity index (χ2v) is 6.78. The summed E-state index contributed by atoms with van der Waals surface area (Å²) < 4.78 is 5.67. The molecule has 0 amide bonds. The van der Waals surface area contributed by atoms with Crippen LogP contribution in [0.5, 0.6) is 5.88 Å². The van der Waals surface area contributed by atoms with Gasteiger partial charge in [-0.15, -0.1) is 0 Å². The smallest absolute Gasteiger partial charge is 0.242 e. The van der Waals surface area contributed by atoms with Crippen LogP contribution >= 0.6 is 0 Å². The summed E-state index contributed by atoms with van der Waals surface area (Å²) in [6.07, 6.45) is 9.77. The average molecular weight is 290 g/mol. The van der Waals surface area contributed by atoms with E-state index in [4.69, 9.17) is 10.5 Å². The van der Waals surface area contributed by atoms with Crippen molar-refractivity contribution in [3.8, 4) is 5.88 Å². The van der Waals surface area contributed by atoms with Gasteiger partial charge in [-0.05, 0) is 44.9 Å². The van der Waals surface area contributed by atoms with Crippen molar-refractivity contribution in [3.05, 3.63) is 6.33 Å². The Bertz CT molecular complexity index is 487. The van der Waals surface area contributed by atoms with E-state index in [9.17, 15) is 0 Å². The lowest BCUT2D eigenvalue weighted by atomic mass is 9.77. The molecular formula is C16H26N4O. The Morgan fingerprint density at radius 3 is 2.43 bits per heavy atom. The number of hydrogen-bond acceptors (Lipinski definition) is 5. The molecule has 116 valence electrons. The zero-order valence-electron chi connectivity index (χ0n) is 13.1. The van der Waals surface area contributed by atoms with Gasteiger partial charge in [-0.2, -0.15) is 4.98 Å². The van der Waals surface area contributed by atoms with Gasteiger partial charge in [0.05, 0.1) is 6.10 Å². The molecule has 0 aromatic carbocycles. The highest BCUT2D eigenvalue weighted by Crippen LogP contribution is 2.47. The molecule has 21 heavy (non-hydrogen) atoms. The number of piperidine rings is 1. The molecule has 1 aromatic rings. The molecule has 1 spiro atoms. The van der Waals surface area contributed by atoms with E-state index in [0.29, 0.717) is 17.0 Å². The van der Waals surface area contributed by atoms with Gasteiger partial charge >= 0.3 is 0 Å². The highest BCUT2D eigenvalue weighted by molar-refractivity contribution is 5.67. The standard InChI is InChI=1S/C16H26N4O/c1-12(2)21-15-13(17)14(18-11-19-15)20-9-7-16(8-10-20)5-3-4-6-16/h11-12H,3-10,17H2,1-2H3. The second-order valence-electron chi connectivity index (χ2n) is 6.78. The molecule has 0 bridgehead atoms. The molecule has 1 aliphatic carbocycles. The Balaban J connectivity index is 1.73. The number of nitrogens with zero attached hydrogens (tertiary/aromatic N) is 3. The molecule has 2 fully saturated rings. The molecule has 1 saturated carbocycles.